The Kier molecular flexibility index (Phi) is 7.62. The predicted octanol–water partition coefficient (Wildman–Crippen LogP) is 2.12. The van der Waals surface area contributed by atoms with Crippen molar-refractivity contribution in [2.75, 3.05) is 45.9 Å². The van der Waals surface area contributed by atoms with Crippen molar-refractivity contribution in [1.82, 2.24) is 9.80 Å². The summed E-state index contributed by atoms with van der Waals surface area (Å²) in [6.07, 6.45) is -0.666. The van der Waals surface area contributed by atoms with Crippen molar-refractivity contribution >= 4 is 23.2 Å². The van der Waals surface area contributed by atoms with Crippen LogP contribution in [0, 0.1) is 0 Å². The number of β-amino-alcohol motifs (C(OH)–C–C–N with tert-alkyl or cyclic N) is 1. The number of hydrogen-bond donors (Lipinski definition) is 1. The maximum Gasteiger partial charge on any atom is 0.338 e. The zero-order valence-corrected chi connectivity index (χ0v) is 17.3. The van der Waals surface area contributed by atoms with E-state index in [9.17, 15) is 14.7 Å². The van der Waals surface area contributed by atoms with E-state index in [4.69, 9.17) is 9.47 Å². The molecule has 2 aromatic rings. The highest BCUT2D eigenvalue weighted by atomic mass is 32.1. The zero-order valence-electron chi connectivity index (χ0n) is 16.5. The second kappa shape index (κ2) is 10.4. The smallest absolute Gasteiger partial charge is 0.338 e. The predicted molar refractivity (Wildman–Crippen MR) is 111 cm³/mol. The molecular formula is C21H26N2O5S. The molecule has 1 saturated heterocycles. The molecular weight excluding hydrogens is 392 g/mol. The third kappa shape index (κ3) is 6.03. The highest BCUT2D eigenvalue weighted by molar-refractivity contribution is 7.12. The molecule has 1 aliphatic rings. The number of carbonyl (C=O) groups is 2. The van der Waals surface area contributed by atoms with Crippen LogP contribution in [0.15, 0.2) is 41.8 Å². The molecule has 0 bridgehead atoms. The van der Waals surface area contributed by atoms with Gasteiger partial charge in [-0.05, 0) is 36.6 Å². The van der Waals surface area contributed by atoms with E-state index in [0.29, 0.717) is 50.6 Å². The lowest BCUT2D eigenvalue weighted by Gasteiger charge is -2.35. The third-order valence-corrected chi connectivity index (χ3v) is 5.51. The number of aliphatic hydroxyl groups excluding tert-OH is 1. The van der Waals surface area contributed by atoms with Crippen LogP contribution in [0.5, 0.6) is 5.75 Å². The first-order chi connectivity index (χ1) is 14.1. The summed E-state index contributed by atoms with van der Waals surface area (Å²) in [5.41, 5.74) is 0.422. The van der Waals surface area contributed by atoms with E-state index < -0.39 is 12.1 Å². The average molecular weight is 419 g/mol. The molecule has 0 spiro atoms. The normalized spacial score (nSPS) is 15.7. The van der Waals surface area contributed by atoms with Crippen LogP contribution in [0.4, 0.5) is 0 Å². The monoisotopic (exact) mass is 418 g/mol. The van der Waals surface area contributed by atoms with Crippen molar-refractivity contribution in [3.63, 3.8) is 0 Å². The van der Waals surface area contributed by atoms with Crippen LogP contribution >= 0.6 is 11.3 Å². The van der Waals surface area contributed by atoms with Gasteiger partial charge in [0.1, 0.15) is 18.5 Å². The van der Waals surface area contributed by atoms with Crippen LogP contribution in [0.1, 0.15) is 27.0 Å². The SMILES string of the molecule is CCOC(=O)c1cccc(OC[C@@H](O)CN2CCN(C(=O)c3cccs3)CC2)c1. The molecule has 0 aliphatic carbocycles. The Bertz CT molecular complexity index is 803. The van der Waals surface area contributed by atoms with Gasteiger partial charge >= 0.3 is 5.97 Å². The molecule has 1 aliphatic heterocycles. The fourth-order valence-electron chi connectivity index (χ4n) is 3.16. The molecule has 1 amide bonds. The van der Waals surface area contributed by atoms with Gasteiger partial charge < -0.3 is 19.5 Å². The lowest BCUT2D eigenvalue weighted by molar-refractivity contribution is 0.0405. The average Bonchev–Trinajstić information content (AvgIpc) is 3.28. The van der Waals surface area contributed by atoms with Gasteiger partial charge in [-0.25, -0.2) is 4.79 Å². The molecule has 1 fully saturated rings. The van der Waals surface area contributed by atoms with Gasteiger partial charge in [0, 0.05) is 32.7 Å². The van der Waals surface area contributed by atoms with Crippen LogP contribution < -0.4 is 4.74 Å². The molecule has 1 aromatic carbocycles. The van der Waals surface area contributed by atoms with Crippen molar-refractivity contribution in [2.24, 2.45) is 0 Å². The number of aliphatic hydroxyl groups is 1. The van der Waals surface area contributed by atoms with Crippen molar-refractivity contribution < 1.29 is 24.2 Å². The van der Waals surface area contributed by atoms with E-state index in [-0.39, 0.29) is 12.5 Å². The molecule has 0 saturated carbocycles. The van der Waals surface area contributed by atoms with Crippen molar-refractivity contribution in [3.8, 4) is 5.75 Å². The van der Waals surface area contributed by atoms with Crippen molar-refractivity contribution in [1.29, 1.82) is 0 Å². The summed E-state index contributed by atoms with van der Waals surface area (Å²) < 4.78 is 10.6. The third-order valence-electron chi connectivity index (χ3n) is 4.65. The Hall–Kier alpha value is -2.42. The fraction of sp³-hybridized carbons (Fsp3) is 0.429. The maximum atomic E-state index is 12.4. The minimum atomic E-state index is -0.666. The van der Waals surface area contributed by atoms with Gasteiger partial charge in [0.25, 0.3) is 5.91 Å². The maximum absolute atomic E-state index is 12.4. The number of benzene rings is 1. The summed E-state index contributed by atoms with van der Waals surface area (Å²) in [7, 11) is 0. The van der Waals surface area contributed by atoms with E-state index in [1.165, 1.54) is 11.3 Å². The molecule has 8 heteroatoms. The van der Waals surface area contributed by atoms with Crippen LogP contribution in [0.25, 0.3) is 0 Å². The van der Waals surface area contributed by atoms with Crippen LogP contribution in [-0.2, 0) is 4.74 Å². The van der Waals surface area contributed by atoms with E-state index in [2.05, 4.69) is 4.90 Å². The van der Waals surface area contributed by atoms with Crippen LogP contribution in [-0.4, -0.2) is 78.8 Å². The quantitative estimate of drug-likeness (QED) is 0.662. The number of piperazine rings is 1. The molecule has 2 heterocycles. The molecule has 3 rings (SSSR count). The number of thiophene rings is 1. The lowest BCUT2D eigenvalue weighted by Crippen LogP contribution is -2.50. The van der Waals surface area contributed by atoms with Gasteiger partial charge in [0.2, 0.25) is 0 Å². The lowest BCUT2D eigenvalue weighted by atomic mass is 10.2. The second-order valence-corrected chi connectivity index (χ2v) is 7.73. The summed E-state index contributed by atoms with van der Waals surface area (Å²) >= 11 is 1.46. The molecule has 7 nitrogen and oxygen atoms in total. The number of esters is 1. The number of carbonyl (C=O) groups excluding carboxylic acids is 2. The number of amides is 1. The molecule has 0 unspecified atom stereocenters. The van der Waals surface area contributed by atoms with Gasteiger partial charge in [0.15, 0.2) is 0 Å². The zero-order chi connectivity index (χ0) is 20.6. The van der Waals surface area contributed by atoms with Crippen LogP contribution in [0.2, 0.25) is 0 Å². The molecule has 0 radical (unpaired) electrons. The minimum Gasteiger partial charge on any atom is -0.491 e. The Morgan fingerprint density at radius 2 is 1.97 bits per heavy atom. The number of hydrogen-bond acceptors (Lipinski definition) is 7. The Balaban J connectivity index is 1.41. The van der Waals surface area contributed by atoms with E-state index in [1.54, 1.807) is 31.2 Å². The topological polar surface area (TPSA) is 79.3 Å². The number of ether oxygens (including phenoxy) is 2. The van der Waals surface area contributed by atoms with Gasteiger partial charge in [-0.3, -0.25) is 9.69 Å². The van der Waals surface area contributed by atoms with Crippen molar-refractivity contribution in [3.05, 3.63) is 52.2 Å². The summed E-state index contributed by atoms with van der Waals surface area (Å²) in [6.45, 7) is 5.39. The summed E-state index contributed by atoms with van der Waals surface area (Å²) in [4.78, 5) is 28.9. The summed E-state index contributed by atoms with van der Waals surface area (Å²) in [6, 6.07) is 10.5. The molecule has 1 atom stereocenters. The standard InChI is InChI=1S/C21H26N2O5S/c1-2-27-21(26)16-5-3-6-18(13-16)28-15-17(24)14-22-8-10-23(11-9-22)20(25)19-7-4-12-29-19/h3-7,12-13,17,24H,2,8-11,14-15H2,1H3/t17-/m0/s1. The first kappa shape index (κ1) is 21.3. The van der Waals surface area contributed by atoms with Gasteiger partial charge in [-0.15, -0.1) is 11.3 Å². The Labute approximate surface area is 174 Å². The van der Waals surface area contributed by atoms with Crippen molar-refractivity contribution in [2.45, 2.75) is 13.0 Å². The number of nitrogens with zero attached hydrogens (tertiary/aromatic N) is 2. The molecule has 29 heavy (non-hydrogen) atoms. The van der Waals surface area contributed by atoms with E-state index in [0.717, 1.165) is 4.88 Å². The van der Waals surface area contributed by atoms with E-state index in [1.807, 2.05) is 22.4 Å². The minimum absolute atomic E-state index is 0.0741. The molecule has 1 N–H and O–H groups in total. The molecule has 1 aromatic heterocycles. The van der Waals surface area contributed by atoms with Gasteiger partial charge in [-0.1, -0.05) is 12.1 Å². The Morgan fingerprint density at radius 1 is 1.17 bits per heavy atom. The summed E-state index contributed by atoms with van der Waals surface area (Å²) in [5, 5.41) is 12.2. The van der Waals surface area contributed by atoms with E-state index >= 15 is 0 Å². The van der Waals surface area contributed by atoms with Gasteiger partial charge in [0.05, 0.1) is 17.0 Å². The largest absolute Gasteiger partial charge is 0.491 e. The first-order valence-electron chi connectivity index (χ1n) is 9.70. The molecule has 156 valence electrons. The van der Waals surface area contributed by atoms with Crippen LogP contribution in [0.3, 0.4) is 0 Å². The van der Waals surface area contributed by atoms with Gasteiger partial charge in [-0.2, -0.15) is 0 Å². The first-order valence-corrected chi connectivity index (χ1v) is 10.6. The fourth-order valence-corrected chi connectivity index (χ4v) is 3.85. The second-order valence-electron chi connectivity index (χ2n) is 6.78. The highest BCUT2D eigenvalue weighted by Gasteiger charge is 2.24. The highest BCUT2D eigenvalue weighted by Crippen LogP contribution is 2.16. The number of rotatable bonds is 8. The Morgan fingerprint density at radius 3 is 2.66 bits per heavy atom. The summed E-state index contributed by atoms with van der Waals surface area (Å²) in [5.74, 6) is 0.194.